The molecule has 25 heteroatoms. The number of aryl methyl sites for hydroxylation is 1. The van der Waals surface area contributed by atoms with Crippen LogP contribution in [0.1, 0.15) is 155 Å². The molecule has 2 aliphatic rings. The van der Waals surface area contributed by atoms with Crippen LogP contribution in [0.3, 0.4) is 0 Å². The number of amides is 2. The van der Waals surface area contributed by atoms with E-state index in [9.17, 15) is 38.8 Å². The summed E-state index contributed by atoms with van der Waals surface area (Å²) in [5.74, 6) is -1.37. The van der Waals surface area contributed by atoms with Gasteiger partial charge in [-0.3, -0.25) is 38.3 Å². The van der Waals surface area contributed by atoms with E-state index < -0.39 is 91.7 Å². The lowest BCUT2D eigenvalue weighted by molar-refractivity contribution is -0.277. The lowest BCUT2D eigenvalue weighted by Crippen LogP contribution is -2.66. The molecule has 0 saturated carbocycles. The summed E-state index contributed by atoms with van der Waals surface area (Å²) in [7, 11) is 1.33. The summed E-state index contributed by atoms with van der Waals surface area (Å²) < 4.78 is 71.4. The minimum Gasteiger partial charge on any atom is -0.497 e. The fourth-order valence-corrected chi connectivity index (χ4v) is 13.2. The number of ether oxygens (including phenoxy) is 9. The number of rotatable bonds is 36. The maximum Gasteiger partial charge on any atom is 0.330 e. The van der Waals surface area contributed by atoms with Crippen molar-refractivity contribution >= 4 is 38.2 Å². The summed E-state index contributed by atoms with van der Waals surface area (Å²) in [4.78, 5) is 94.4. The van der Waals surface area contributed by atoms with Crippen LogP contribution in [-0.2, 0) is 71.8 Å². The number of aromatic amines is 1. The molecule has 1 unspecified atom stereocenters. The van der Waals surface area contributed by atoms with Crippen molar-refractivity contribution in [1.29, 1.82) is 5.26 Å². The number of esters is 3. The Bertz CT molecular complexity index is 3100. The second kappa shape index (κ2) is 36.4. The maximum absolute atomic E-state index is 14.9. The highest BCUT2D eigenvalue weighted by atomic mass is 31.2. The molecular formula is C67H93N6O18P. The van der Waals surface area contributed by atoms with E-state index >= 15 is 0 Å². The second-order valence-electron chi connectivity index (χ2n) is 23.6. The molecule has 92 heavy (non-hydrogen) atoms. The topological polar surface area (TPSA) is 284 Å². The van der Waals surface area contributed by atoms with E-state index in [1.54, 1.807) is 26.0 Å². The summed E-state index contributed by atoms with van der Waals surface area (Å²) in [6.07, 6.45) is 3.44. The summed E-state index contributed by atoms with van der Waals surface area (Å²) in [6.45, 7) is 14.1. The average Bonchev–Trinajstić information content (AvgIpc) is 0.760. The van der Waals surface area contributed by atoms with Gasteiger partial charge in [0.15, 0.2) is 24.7 Å². The number of unbranched alkanes of at least 4 members (excludes halogenated alkanes) is 8. The molecule has 2 aliphatic heterocycles. The number of carbonyl (C=O) groups is 5. The van der Waals surface area contributed by atoms with E-state index in [2.05, 4.69) is 21.0 Å². The van der Waals surface area contributed by atoms with Crippen molar-refractivity contribution in [3.05, 3.63) is 128 Å². The molecule has 6 rings (SSSR count). The molecule has 4 aromatic rings. The Balaban J connectivity index is 1.20. The number of carbonyl (C=O) groups excluding carboxylic acids is 5. The van der Waals surface area contributed by atoms with Crippen molar-refractivity contribution in [1.82, 2.24) is 24.4 Å². The van der Waals surface area contributed by atoms with Crippen LogP contribution >= 0.6 is 8.53 Å². The minimum atomic E-state index is -1.87. The zero-order valence-electron chi connectivity index (χ0n) is 55.0. The molecule has 0 spiro atoms. The molecular weight excluding hydrogens is 1210 g/mol. The Hall–Kier alpha value is -7.07. The third kappa shape index (κ3) is 21.0. The first-order chi connectivity index (χ1) is 44.0. The van der Waals surface area contributed by atoms with Crippen molar-refractivity contribution in [2.24, 2.45) is 0 Å². The van der Waals surface area contributed by atoms with Crippen LogP contribution in [0.4, 0.5) is 0 Å². The number of morpholine rings is 1. The van der Waals surface area contributed by atoms with E-state index in [-0.39, 0.29) is 82.5 Å². The van der Waals surface area contributed by atoms with Crippen LogP contribution in [0, 0.1) is 18.3 Å². The lowest BCUT2D eigenvalue weighted by Gasteiger charge is -2.48. The third-order valence-electron chi connectivity index (χ3n) is 15.8. The quantitative estimate of drug-likeness (QED) is 0.0141. The van der Waals surface area contributed by atoms with Crippen molar-refractivity contribution < 1.29 is 75.7 Å². The average molecular weight is 1300 g/mol. The first kappa shape index (κ1) is 74.0. The largest absolute Gasteiger partial charge is 0.497 e. The van der Waals surface area contributed by atoms with Gasteiger partial charge in [-0.05, 0) is 88.4 Å². The van der Waals surface area contributed by atoms with Crippen molar-refractivity contribution in [2.45, 2.75) is 193 Å². The summed E-state index contributed by atoms with van der Waals surface area (Å²) in [6, 6.07) is 26.0. The van der Waals surface area contributed by atoms with Crippen LogP contribution in [-0.4, -0.2) is 158 Å². The second-order valence-corrected chi connectivity index (χ2v) is 25.1. The van der Waals surface area contributed by atoms with E-state index in [1.807, 2.05) is 107 Å². The highest BCUT2D eigenvalue weighted by Gasteiger charge is 2.52. The van der Waals surface area contributed by atoms with Crippen LogP contribution in [0.15, 0.2) is 94.6 Å². The van der Waals surface area contributed by atoms with Gasteiger partial charge in [0.2, 0.25) is 11.8 Å². The Morgan fingerprint density at radius 3 is 1.86 bits per heavy atom. The van der Waals surface area contributed by atoms with Crippen LogP contribution < -0.4 is 26.0 Å². The number of hydrogen-bond acceptors (Lipinski definition) is 20. The van der Waals surface area contributed by atoms with Crippen molar-refractivity contribution in [2.75, 3.05) is 60.3 Å². The smallest absolute Gasteiger partial charge is 0.330 e. The Morgan fingerprint density at radius 2 is 1.32 bits per heavy atom. The molecule has 504 valence electrons. The molecule has 3 aromatic carbocycles. The molecule has 0 bridgehead atoms. The van der Waals surface area contributed by atoms with Gasteiger partial charge >= 0.3 is 23.6 Å². The molecule has 1 aromatic heterocycles. The van der Waals surface area contributed by atoms with E-state index in [4.69, 9.17) is 51.7 Å². The maximum atomic E-state index is 14.9. The molecule has 0 radical (unpaired) electrons. The van der Waals surface area contributed by atoms with Gasteiger partial charge in [-0.25, -0.2) is 9.46 Å². The first-order valence-electron chi connectivity index (χ1n) is 31.5. The molecule has 3 heterocycles. The Kier molecular flexibility index (Phi) is 29.3. The van der Waals surface area contributed by atoms with Gasteiger partial charge in [0.25, 0.3) is 14.1 Å². The Labute approximate surface area is 540 Å². The molecule has 0 aliphatic carbocycles. The van der Waals surface area contributed by atoms with E-state index in [1.165, 1.54) is 38.5 Å². The highest BCUT2D eigenvalue weighted by molar-refractivity contribution is 7.44. The number of nitrogens with zero attached hydrogens (tertiary/aromatic N) is 4. The fraction of sp³-hybridized carbons (Fsp3) is 0.582. The SMILES string of the molecule is COc1ccc(C(OC[C@]2(COP(OCCC#N)N(C(C)C)C(C)C)CN(C(=O)CCCCCCCCCCCO[C@@H]3O[C@H](COC(C)=O)[C@H](OC(C)=O)[C@H](OC(C)=O)[C@H]3NC(C)=O)C[C@H](n3cc(C)c(=O)[nH]c3=O)O2)(c2ccccc2)c2ccc(OC)cc2)cc1. The van der Waals surface area contributed by atoms with Crippen molar-refractivity contribution in [3.63, 3.8) is 0 Å². The molecule has 2 fully saturated rings. The summed E-state index contributed by atoms with van der Waals surface area (Å²) in [5.41, 5.74) is -1.65. The number of nitriles is 1. The van der Waals surface area contributed by atoms with Gasteiger partial charge in [0.1, 0.15) is 41.5 Å². The van der Waals surface area contributed by atoms with E-state index in [0.717, 1.165) is 61.6 Å². The third-order valence-corrected chi connectivity index (χ3v) is 17.8. The fourth-order valence-electron chi connectivity index (χ4n) is 11.5. The normalized spacial score (nSPS) is 20.3. The number of H-pyrrole nitrogens is 1. The molecule has 2 N–H and O–H groups in total. The predicted molar refractivity (Wildman–Crippen MR) is 341 cm³/mol. The van der Waals surface area contributed by atoms with Crippen LogP contribution in [0.2, 0.25) is 0 Å². The Morgan fingerprint density at radius 1 is 0.750 bits per heavy atom. The standard InChI is InChI=1S/C67H93N6O18P/c1-45(2)73(46(3)4)92(86-38-24-36-68)87-44-66(43-85-67(52-25-20-19-21-26-52,53-28-32-55(81-10)33-29-53)54-30-34-56(82-11)35-31-54)42-71(40-59(91-66)72-39-47(5)63(79)70-65(72)80)58(78)27-22-17-15-13-12-14-16-18-23-37-83-64-60(69-48(6)74)62(89-51(9)77)61(88-50(8)76)57(90-64)41-84-49(7)75/h19-21,25-26,28-35,39,45-46,57,59-62,64H,12-18,22-24,27,37-38,40-44H2,1-11H3,(H,69,74)(H,70,79,80)/t57-,59-,60-,61+,62-,64-,66+,92?/m1/s1. The van der Waals surface area contributed by atoms with Gasteiger partial charge < -0.3 is 61.9 Å². The van der Waals surface area contributed by atoms with Crippen LogP contribution in [0.5, 0.6) is 11.5 Å². The molecule has 2 amide bonds. The van der Waals surface area contributed by atoms with Crippen molar-refractivity contribution in [3.8, 4) is 17.6 Å². The zero-order chi connectivity index (χ0) is 67.0. The number of methoxy groups -OCH3 is 2. The van der Waals surface area contributed by atoms with Gasteiger partial charge in [-0.1, -0.05) is 99.5 Å². The minimum absolute atomic E-state index is 0.0310. The number of hydrogen-bond donors (Lipinski definition) is 2. The first-order valence-corrected chi connectivity index (χ1v) is 32.7. The summed E-state index contributed by atoms with van der Waals surface area (Å²) >= 11 is 0. The van der Waals surface area contributed by atoms with Crippen LogP contribution in [0.25, 0.3) is 0 Å². The van der Waals surface area contributed by atoms with E-state index in [0.29, 0.717) is 24.3 Å². The molecule has 8 atom stereocenters. The highest BCUT2D eigenvalue weighted by Crippen LogP contribution is 2.49. The number of nitrogens with one attached hydrogen (secondary N) is 2. The van der Waals surface area contributed by atoms with Gasteiger partial charge in [-0.2, -0.15) is 5.26 Å². The van der Waals surface area contributed by atoms with Gasteiger partial charge in [-0.15, -0.1) is 0 Å². The van der Waals surface area contributed by atoms with Gasteiger partial charge in [0.05, 0.1) is 59.6 Å². The molecule has 2 saturated heterocycles. The monoisotopic (exact) mass is 1300 g/mol. The van der Waals surface area contributed by atoms with Gasteiger partial charge in [0, 0.05) is 64.6 Å². The number of aromatic nitrogens is 2. The molecule has 24 nitrogen and oxygen atoms in total. The summed E-state index contributed by atoms with van der Waals surface area (Å²) in [5, 5.41) is 12.3. The predicted octanol–water partition coefficient (Wildman–Crippen LogP) is 8.83. The number of benzene rings is 3. The lowest BCUT2D eigenvalue weighted by atomic mass is 9.79. The zero-order valence-corrected chi connectivity index (χ0v) is 55.9.